The van der Waals surface area contributed by atoms with Gasteiger partial charge in [-0.3, -0.25) is 0 Å². The fraction of sp³-hybridized carbons (Fsp3) is 0.500. The van der Waals surface area contributed by atoms with E-state index in [1.807, 2.05) is 43.0 Å². The number of hydrogen-bond donors (Lipinski definition) is 1. The molecular weight excluding hydrogens is 274 g/mol. The first-order valence-electron chi connectivity index (χ1n) is 8.27. The molecule has 118 valence electrons. The monoisotopic (exact) mass is 299 g/mol. The molecule has 4 nitrogen and oxygen atoms in total. The first-order chi connectivity index (χ1) is 10.8. The Morgan fingerprint density at radius 1 is 1.23 bits per heavy atom. The maximum atomic E-state index is 6.20. The van der Waals surface area contributed by atoms with Gasteiger partial charge >= 0.3 is 0 Å². The van der Waals surface area contributed by atoms with Crippen LogP contribution in [0.15, 0.2) is 43.0 Å². The van der Waals surface area contributed by atoms with E-state index in [0.717, 1.165) is 30.3 Å². The third kappa shape index (κ3) is 4.26. The number of ether oxygens (including phenoxy) is 1. The molecule has 0 bridgehead atoms. The summed E-state index contributed by atoms with van der Waals surface area (Å²) in [6.07, 6.45) is 13.8. The number of nitrogens with two attached hydrogens (primary N) is 1. The van der Waals surface area contributed by atoms with Crippen LogP contribution in [-0.4, -0.2) is 15.7 Å². The third-order valence-electron chi connectivity index (χ3n) is 4.53. The summed E-state index contributed by atoms with van der Waals surface area (Å²) in [5.74, 6) is 1.78. The zero-order chi connectivity index (χ0) is 15.2. The number of benzene rings is 1. The summed E-state index contributed by atoms with van der Waals surface area (Å²) in [7, 11) is 0. The summed E-state index contributed by atoms with van der Waals surface area (Å²) < 4.78 is 8.29. The van der Waals surface area contributed by atoms with Crippen molar-refractivity contribution in [3.63, 3.8) is 0 Å². The molecule has 22 heavy (non-hydrogen) atoms. The lowest BCUT2D eigenvalue weighted by atomic mass is 9.99. The summed E-state index contributed by atoms with van der Waals surface area (Å²) in [6.45, 7) is 0.844. The topological polar surface area (TPSA) is 53.1 Å². The third-order valence-corrected chi connectivity index (χ3v) is 4.53. The lowest BCUT2D eigenvalue weighted by molar-refractivity contribution is 0.160. The Labute approximate surface area is 132 Å². The van der Waals surface area contributed by atoms with Gasteiger partial charge in [-0.25, -0.2) is 4.98 Å². The minimum Gasteiger partial charge on any atom is -0.489 e. The smallest absolute Gasteiger partial charge is 0.119 e. The van der Waals surface area contributed by atoms with Gasteiger partial charge in [0.1, 0.15) is 11.9 Å². The fourth-order valence-electron chi connectivity index (χ4n) is 3.28. The first kappa shape index (κ1) is 14.9. The van der Waals surface area contributed by atoms with Crippen molar-refractivity contribution >= 4 is 5.69 Å². The van der Waals surface area contributed by atoms with Crippen LogP contribution in [0.1, 0.15) is 38.5 Å². The molecule has 1 atom stereocenters. The predicted octanol–water partition coefficient (Wildman–Crippen LogP) is 3.88. The van der Waals surface area contributed by atoms with E-state index >= 15 is 0 Å². The van der Waals surface area contributed by atoms with Crippen molar-refractivity contribution in [3.05, 3.63) is 43.0 Å². The molecule has 1 aliphatic rings. The van der Waals surface area contributed by atoms with Crippen LogP contribution >= 0.6 is 0 Å². The van der Waals surface area contributed by atoms with Crippen molar-refractivity contribution in [2.45, 2.75) is 51.2 Å². The average Bonchev–Trinajstić information content (AvgIpc) is 3.20. The fourth-order valence-corrected chi connectivity index (χ4v) is 3.28. The van der Waals surface area contributed by atoms with Gasteiger partial charge in [0.05, 0.1) is 12.9 Å². The molecule has 0 spiro atoms. The van der Waals surface area contributed by atoms with E-state index in [1.54, 1.807) is 0 Å². The Kier molecular flexibility index (Phi) is 4.99. The highest BCUT2D eigenvalue weighted by molar-refractivity contribution is 5.41. The van der Waals surface area contributed by atoms with E-state index in [0.29, 0.717) is 0 Å². The molecule has 3 rings (SSSR count). The van der Waals surface area contributed by atoms with E-state index < -0.39 is 0 Å². The standard InChI is InChI=1S/C18H25N3O/c19-16-6-9-17(10-7-16)22-18(13-21-12-11-20-14-21)8-5-15-3-1-2-4-15/h6-7,9-12,14-15,18H,1-5,8,13,19H2. The normalized spacial score (nSPS) is 16.7. The molecule has 1 saturated carbocycles. The second-order valence-electron chi connectivity index (χ2n) is 6.30. The number of rotatable bonds is 7. The van der Waals surface area contributed by atoms with Crippen molar-refractivity contribution in [1.29, 1.82) is 0 Å². The lowest BCUT2D eigenvalue weighted by Crippen LogP contribution is -2.23. The Balaban J connectivity index is 1.60. The van der Waals surface area contributed by atoms with Crippen molar-refractivity contribution in [1.82, 2.24) is 9.55 Å². The lowest BCUT2D eigenvalue weighted by Gasteiger charge is -2.21. The zero-order valence-corrected chi connectivity index (χ0v) is 13.0. The summed E-state index contributed by atoms with van der Waals surface area (Å²) >= 11 is 0. The minimum atomic E-state index is 0.179. The van der Waals surface area contributed by atoms with Crippen molar-refractivity contribution < 1.29 is 4.74 Å². The Bertz CT molecular complexity index is 544. The van der Waals surface area contributed by atoms with E-state index in [2.05, 4.69) is 9.55 Å². The van der Waals surface area contributed by atoms with Crippen LogP contribution in [0.25, 0.3) is 0 Å². The second-order valence-corrected chi connectivity index (χ2v) is 6.30. The van der Waals surface area contributed by atoms with E-state index in [4.69, 9.17) is 10.5 Å². The van der Waals surface area contributed by atoms with E-state index in [-0.39, 0.29) is 6.10 Å². The van der Waals surface area contributed by atoms with Crippen LogP contribution in [0.5, 0.6) is 5.75 Å². The molecule has 0 aliphatic heterocycles. The summed E-state index contributed by atoms with van der Waals surface area (Å²) in [5.41, 5.74) is 6.51. The SMILES string of the molecule is Nc1ccc(OC(CCC2CCCC2)Cn2ccnc2)cc1. The highest BCUT2D eigenvalue weighted by Gasteiger charge is 2.18. The molecule has 4 heteroatoms. The van der Waals surface area contributed by atoms with Gasteiger partial charge in [0.25, 0.3) is 0 Å². The molecule has 0 radical (unpaired) electrons. The molecule has 0 amide bonds. The van der Waals surface area contributed by atoms with Gasteiger partial charge in [-0.1, -0.05) is 25.7 Å². The van der Waals surface area contributed by atoms with Crippen LogP contribution in [0.2, 0.25) is 0 Å². The quantitative estimate of drug-likeness (QED) is 0.789. The number of anilines is 1. The molecule has 2 N–H and O–H groups in total. The number of hydrogen-bond acceptors (Lipinski definition) is 3. The van der Waals surface area contributed by atoms with Gasteiger partial charge in [-0.05, 0) is 43.0 Å². The van der Waals surface area contributed by atoms with Crippen LogP contribution < -0.4 is 10.5 Å². The summed E-state index contributed by atoms with van der Waals surface area (Å²) in [6, 6.07) is 7.68. The van der Waals surface area contributed by atoms with Gasteiger partial charge in [0.15, 0.2) is 0 Å². The first-order valence-corrected chi connectivity index (χ1v) is 8.27. The molecule has 1 aliphatic carbocycles. The number of nitrogen functional groups attached to an aromatic ring is 1. The van der Waals surface area contributed by atoms with Crippen molar-refractivity contribution in [3.8, 4) is 5.75 Å². The molecule has 1 unspecified atom stereocenters. The van der Waals surface area contributed by atoms with Gasteiger partial charge in [-0.2, -0.15) is 0 Å². The molecular formula is C18H25N3O. The maximum absolute atomic E-state index is 6.20. The highest BCUT2D eigenvalue weighted by Crippen LogP contribution is 2.30. The summed E-state index contributed by atoms with van der Waals surface area (Å²) in [5, 5.41) is 0. The van der Waals surface area contributed by atoms with E-state index in [9.17, 15) is 0 Å². The minimum absolute atomic E-state index is 0.179. The average molecular weight is 299 g/mol. The van der Waals surface area contributed by atoms with Gasteiger partial charge < -0.3 is 15.0 Å². The van der Waals surface area contributed by atoms with E-state index in [1.165, 1.54) is 32.1 Å². The second kappa shape index (κ2) is 7.34. The Morgan fingerprint density at radius 3 is 2.68 bits per heavy atom. The molecule has 2 aromatic rings. The predicted molar refractivity (Wildman–Crippen MR) is 88.7 cm³/mol. The van der Waals surface area contributed by atoms with Crippen LogP contribution in [-0.2, 0) is 6.54 Å². The highest BCUT2D eigenvalue weighted by atomic mass is 16.5. The molecule has 1 fully saturated rings. The Morgan fingerprint density at radius 2 is 2.00 bits per heavy atom. The van der Waals surface area contributed by atoms with Crippen LogP contribution in [0.4, 0.5) is 5.69 Å². The summed E-state index contributed by atoms with van der Waals surface area (Å²) in [4.78, 5) is 4.12. The van der Waals surface area contributed by atoms with Gasteiger partial charge in [-0.15, -0.1) is 0 Å². The van der Waals surface area contributed by atoms with Gasteiger partial charge in [0.2, 0.25) is 0 Å². The molecule has 1 aromatic carbocycles. The van der Waals surface area contributed by atoms with Crippen LogP contribution in [0.3, 0.4) is 0 Å². The van der Waals surface area contributed by atoms with Gasteiger partial charge in [0, 0.05) is 18.1 Å². The zero-order valence-electron chi connectivity index (χ0n) is 13.0. The number of imidazole rings is 1. The Hall–Kier alpha value is -1.97. The van der Waals surface area contributed by atoms with Crippen molar-refractivity contribution in [2.24, 2.45) is 5.92 Å². The van der Waals surface area contributed by atoms with Crippen LogP contribution in [0, 0.1) is 5.92 Å². The molecule has 1 heterocycles. The molecule has 0 saturated heterocycles. The molecule has 1 aromatic heterocycles. The largest absolute Gasteiger partial charge is 0.489 e. The maximum Gasteiger partial charge on any atom is 0.119 e. The number of aromatic nitrogens is 2. The van der Waals surface area contributed by atoms with Crippen molar-refractivity contribution in [2.75, 3.05) is 5.73 Å². The number of nitrogens with zero attached hydrogens (tertiary/aromatic N) is 2.